The van der Waals surface area contributed by atoms with E-state index in [0.29, 0.717) is 44.3 Å². The molecule has 0 spiro atoms. The molecule has 0 N–H and O–H groups in total. The van der Waals surface area contributed by atoms with Crippen molar-refractivity contribution in [3.05, 3.63) is 16.3 Å². The summed E-state index contributed by atoms with van der Waals surface area (Å²) in [6, 6.07) is 1.56. The zero-order valence-corrected chi connectivity index (χ0v) is 14.7. The van der Waals surface area contributed by atoms with E-state index < -0.39 is 10.0 Å². The van der Waals surface area contributed by atoms with Crippen molar-refractivity contribution in [1.29, 1.82) is 0 Å². The Morgan fingerprint density at radius 2 is 1.70 bits per heavy atom. The third kappa shape index (κ3) is 3.60. The van der Waals surface area contributed by atoms with E-state index in [0.717, 1.165) is 25.7 Å². The third-order valence-electron chi connectivity index (χ3n) is 4.30. The summed E-state index contributed by atoms with van der Waals surface area (Å²) in [5.74, 6) is -0.145. The number of rotatable bonds is 3. The Labute approximate surface area is 141 Å². The molecule has 1 aromatic heterocycles. The normalized spacial score (nSPS) is 21.1. The fraction of sp³-hybridized carbons (Fsp3) is 0.667. The fourth-order valence-electron chi connectivity index (χ4n) is 3.00. The van der Waals surface area contributed by atoms with Crippen LogP contribution in [0.1, 0.15) is 35.4 Å². The second kappa shape index (κ2) is 7.29. The minimum Gasteiger partial charge on any atom is -0.379 e. The molecule has 0 unspecified atom stereocenters. The van der Waals surface area contributed by atoms with Crippen LogP contribution in [0.4, 0.5) is 0 Å². The SMILES string of the molecule is O=C(c1sccc1S(=O)(=O)N1CCOCC1)N1CCCCCC1. The molecular weight excluding hydrogens is 336 g/mol. The van der Waals surface area contributed by atoms with Gasteiger partial charge in [0.1, 0.15) is 9.77 Å². The van der Waals surface area contributed by atoms with E-state index in [1.54, 1.807) is 16.3 Å². The number of likely N-dealkylation sites (tertiary alicyclic amines) is 1. The van der Waals surface area contributed by atoms with Crippen LogP contribution >= 0.6 is 11.3 Å². The average Bonchev–Trinajstić information content (AvgIpc) is 2.91. The van der Waals surface area contributed by atoms with Crippen LogP contribution in [0.3, 0.4) is 0 Å². The van der Waals surface area contributed by atoms with Gasteiger partial charge in [-0.3, -0.25) is 4.79 Å². The molecule has 0 aromatic carbocycles. The van der Waals surface area contributed by atoms with E-state index in [1.807, 2.05) is 0 Å². The van der Waals surface area contributed by atoms with E-state index in [1.165, 1.54) is 15.6 Å². The van der Waals surface area contributed by atoms with Crippen molar-refractivity contribution in [2.45, 2.75) is 30.6 Å². The van der Waals surface area contributed by atoms with Gasteiger partial charge in [0.05, 0.1) is 13.2 Å². The number of nitrogens with zero attached hydrogens (tertiary/aromatic N) is 2. The maximum Gasteiger partial charge on any atom is 0.265 e. The van der Waals surface area contributed by atoms with Crippen LogP contribution < -0.4 is 0 Å². The van der Waals surface area contributed by atoms with E-state index in [4.69, 9.17) is 4.74 Å². The maximum atomic E-state index is 12.8. The Morgan fingerprint density at radius 1 is 1.04 bits per heavy atom. The lowest BCUT2D eigenvalue weighted by atomic mass is 10.2. The number of amides is 1. The lowest BCUT2D eigenvalue weighted by Crippen LogP contribution is -2.41. The van der Waals surface area contributed by atoms with Crippen molar-refractivity contribution in [3.63, 3.8) is 0 Å². The minimum atomic E-state index is -3.63. The number of thiophene rings is 1. The van der Waals surface area contributed by atoms with Crippen LogP contribution in [0, 0.1) is 0 Å². The third-order valence-corrected chi connectivity index (χ3v) is 7.28. The molecule has 23 heavy (non-hydrogen) atoms. The lowest BCUT2D eigenvalue weighted by Gasteiger charge is -2.26. The second-order valence-corrected chi connectivity index (χ2v) is 8.66. The Hall–Kier alpha value is -0.960. The van der Waals surface area contributed by atoms with Gasteiger partial charge in [-0.05, 0) is 24.3 Å². The van der Waals surface area contributed by atoms with Crippen molar-refractivity contribution in [2.75, 3.05) is 39.4 Å². The zero-order valence-electron chi connectivity index (χ0n) is 13.1. The molecular formula is C15H22N2O4S2. The van der Waals surface area contributed by atoms with Gasteiger partial charge in [-0.25, -0.2) is 8.42 Å². The molecule has 3 rings (SSSR count). The van der Waals surface area contributed by atoms with Gasteiger partial charge >= 0.3 is 0 Å². The quantitative estimate of drug-likeness (QED) is 0.826. The summed E-state index contributed by atoms with van der Waals surface area (Å²) in [5.41, 5.74) is 0. The molecule has 0 bridgehead atoms. The van der Waals surface area contributed by atoms with Gasteiger partial charge in [-0.1, -0.05) is 12.8 Å². The highest BCUT2D eigenvalue weighted by atomic mass is 32.2. The molecule has 3 heterocycles. The first-order valence-corrected chi connectivity index (χ1v) is 10.4. The highest BCUT2D eigenvalue weighted by Crippen LogP contribution is 2.28. The predicted molar refractivity (Wildman–Crippen MR) is 88.3 cm³/mol. The smallest absolute Gasteiger partial charge is 0.265 e. The highest BCUT2D eigenvalue weighted by molar-refractivity contribution is 7.89. The lowest BCUT2D eigenvalue weighted by molar-refractivity contribution is 0.0726. The Balaban J connectivity index is 1.84. The Kier molecular flexibility index (Phi) is 5.35. The van der Waals surface area contributed by atoms with Gasteiger partial charge < -0.3 is 9.64 Å². The number of hydrogen-bond acceptors (Lipinski definition) is 5. The minimum absolute atomic E-state index is 0.145. The first kappa shape index (κ1) is 16.9. The summed E-state index contributed by atoms with van der Waals surface area (Å²) < 4.78 is 32.3. The Bertz CT molecular complexity index is 642. The van der Waals surface area contributed by atoms with Crippen molar-refractivity contribution < 1.29 is 17.9 Å². The number of ether oxygens (including phenoxy) is 1. The van der Waals surface area contributed by atoms with Crippen LogP contribution in [-0.2, 0) is 14.8 Å². The molecule has 0 radical (unpaired) electrons. The van der Waals surface area contributed by atoms with Crippen LogP contribution in [0.5, 0.6) is 0 Å². The van der Waals surface area contributed by atoms with E-state index in [-0.39, 0.29) is 10.8 Å². The van der Waals surface area contributed by atoms with E-state index in [2.05, 4.69) is 0 Å². The molecule has 2 aliphatic heterocycles. The molecule has 0 saturated carbocycles. The molecule has 0 atom stereocenters. The Morgan fingerprint density at radius 3 is 2.35 bits per heavy atom. The standard InChI is InChI=1S/C15H22N2O4S2/c18-15(16-6-3-1-2-4-7-16)14-13(5-12-22-14)23(19,20)17-8-10-21-11-9-17/h5,12H,1-4,6-11H2. The molecule has 2 aliphatic rings. The summed E-state index contributed by atoms with van der Waals surface area (Å²) in [6.07, 6.45) is 4.24. The van der Waals surface area contributed by atoms with Gasteiger partial charge in [-0.2, -0.15) is 4.31 Å². The topological polar surface area (TPSA) is 66.9 Å². The molecule has 1 amide bonds. The van der Waals surface area contributed by atoms with Crippen molar-refractivity contribution in [2.24, 2.45) is 0 Å². The monoisotopic (exact) mass is 358 g/mol. The predicted octanol–water partition coefficient (Wildman–Crippen LogP) is 1.79. The van der Waals surface area contributed by atoms with Crippen LogP contribution in [0.15, 0.2) is 16.3 Å². The molecule has 0 aliphatic carbocycles. The first-order valence-electron chi connectivity index (χ1n) is 8.05. The van der Waals surface area contributed by atoms with Gasteiger partial charge in [-0.15, -0.1) is 11.3 Å². The first-order chi connectivity index (χ1) is 11.1. The molecule has 128 valence electrons. The van der Waals surface area contributed by atoms with Gasteiger partial charge in [0.25, 0.3) is 5.91 Å². The summed E-state index contributed by atoms with van der Waals surface area (Å²) in [6.45, 7) is 2.92. The summed E-state index contributed by atoms with van der Waals surface area (Å²) >= 11 is 1.22. The number of hydrogen-bond donors (Lipinski definition) is 0. The van der Waals surface area contributed by atoms with Crippen LogP contribution in [-0.4, -0.2) is 62.9 Å². The summed E-state index contributed by atoms with van der Waals surface area (Å²) in [7, 11) is -3.63. The average molecular weight is 358 g/mol. The molecule has 1 aromatic rings. The summed E-state index contributed by atoms with van der Waals surface area (Å²) in [4.78, 5) is 15.1. The number of carbonyl (C=O) groups is 1. The number of carbonyl (C=O) groups excluding carboxylic acids is 1. The van der Waals surface area contributed by atoms with E-state index >= 15 is 0 Å². The van der Waals surface area contributed by atoms with Crippen molar-refractivity contribution >= 4 is 27.3 Å². The van der Waals surface area contributed by atoms with Gasteiger partial charge in [0, 0.05) is 26.2 Å². The van der Waals surface area contributed by atoms with Crippen molar-refractivity contribution in [3.8, 4) is 0 Å². The summed E-state index contributed by atoms with van der Waals surface area (Å²) in [5, 5.41) is 1.69. The van der Waals surface area contributed by atoms with Crippen LogP contribution in [0.2, 0.25) is 0 Å². The maximum absolute atomic E-state index is 12.8. The van der Waals surface area contributed by atoms with E-state index in [9.17, 15) is 13.2 Å². The molecule has 8 heteroatoms. The van der Waals surface area contributed by atoms with Crippen LogP contribution in [0.25, 0.3) is 0 Å². The molecule has 6 nitrogen and oxygen atoms in total. The number of morpholine rings is 1. The second-order valence-electron chi connectivity index (χ2n) is 5.84. The molecule has 2 saturated heterocycles. The largest absolute Gasteiger partial charge is 0.379 e. The zero-order chi connectivity index (χ0) is 16.3. The number of sulfonamides is 1. The van der Waals surface area contributed by atoms with Gasteiger partial charge in [0.15, 0.2) is 0 Å². The van der Waals surface area contributed by atoms with Crippen molar-refractivity contribution in [1.82, 2.24) is 9.21 Å². The highest BCUT2D eigenvalue weighted by Gasteiger charge is 2.32. The van der Waals surface area contributed by atoms with Gasteiger partial charge in [0.2, 0.25) is 10.0 Å². The fourth-order valence-corrected chi connectivity index (χ4v) is 5.77. The molecule has 2 fully saturated rings.